The van der Waals surface area contributed by atoms with Gasteiger partial charge in [-0.25, -0.2) is 14.2 Å². The quantitative estimate of drug-likeness (QED) is 0.582. The lowest BCUT2D eigenvalue weighted by molar-refractivity contribution is -0.143. The Morgan fingerprint density at radius 1 is 1.27 bits per heavy atom. The third-order valence-electron chi connectivity index (χ3n) is 4.56. The highest BCUT2D eigenvalue weighted by Crippen LogP contribution is 2.33. The number of allylic oxidation sites excluding steroid dienone is 1. The zero-order valence-corrected chi connectivity index (χ0v) is 18.2. The molecule has 154 valence electrons. The van der Waals surface area contributed by atoms with Crippen LogP contribution in [-0.4, -0.2) is 16.6 Å². The molecule has 0 spiro atoms. The molecule has 0 amide bonds. The molecule has 0 saturated carbocycles. The SMILES string of the molecule is CC1=C(C(=O)OC(C)C)[C@@H](c2cccs2)n2c(s/c(=C\c3ccc(F)cc3)c2=O)=N1. The molecule has 2 aromatic heterocycles. The summed E-state index contributed by atoms with van der Waals surface area (Å²) >= 11 is 2.71. The zero-order valence-electron chi connectivity index (χ0n) is 16.6. The van der Waals surface area contributed by atoms with E-state index in [9.17, 15) is 14.0 Å². The Morgan fingerprint density at radius 2 is 2.00 bits per heavy atom. The number of hydrogen-bond donors (Lipinski definition) is 0. The highest BCUT2D eigenvalue weighted by atomic mass is 32.1. The molecule has 0 saturated heterocycles. The van der Waals surface area contributed by atoms with E-state index in [0.29, 0.717) is 26.2 Å². The van der Waals surface area contributed by atoms with Crippen LogP contribution in [0.1, 0.15) is 37.3 Å². The molecule has 3 aromatic rings. The Morgan fingerprint density at radius 3 is 2.63 bits per heavy atom. The van der Waals surface area contributed by atoms with Gasteiger partial charge in [0.2, 0.25) is 0 Å². The van der Waals surface area contributed by atoms with Gasteiger partial charge in [-0.1, -0.05) is 29.5 Å². The van der Waals surface area contributed by atoms with Crippen LogP contribution in [0.15, 0.2) is 62.8 Å². The van der Waals surface area contributed by atoms with Crippen molar-refractivity contribution in [3.8, 4) is 0 Å². The van der Waals surface area contributed by atoms with Crippen molar-refractivity contribution in [2.75, 3.05) is 0 Å². The van der Waals surface area contributed by atoms with Crippen molar-refractivity contribution in [1.82, 2.24) is 4.57 Å². The van der Waals surface area contributed by atoms with Gasteiger partial charge in [0.25, 0.3) is 5.56 Å². The van der Waals surface area contributed by atoms with Gasteiger partial charge in [-0.3, -0.25) is 9.36 Å². The average molecular weight is 443 g/mol. The van der Waals surface area contributed by atoms with Crippen LogP contribution in [0.25, 0.3) is 6.08 Å². The smallest absolute Gasteiger partial charge is 0.338 e. The maximum absolute atomic E-state index is 13.3. The first-order chi connectivity index (χ1) is 14.3. The van der Waals surface area contributed by atoms with Gasteiger partial charge in [0, 0.05) is 4.88 Å². The minimum absolute atomic E-state index is 0.246. The minimum Gasteiger partial charge on any atom is -0.459 e. The summed E-state index contributed by atoms with van der Waals surface area (Å²) < 4.78 is 20.7. The number of fused-ring (bicyclic) bond motifs is 1. The minimum atomic E-state index is -0.595. The van der Waals surface area contributed by atoms with Crippen LogP contribution in [0, 0.1) is 5.82 Å². The number of benzene rings is 1. The molecule has 0 radical (unpaired) electrons. The van der Waals surface area contributed by atoms with E-state index in [4.69, 9.17) is 4.74 Å². The molecule has 1 aliphatic heterocycles. The molecule has 3 heterocycles. The fourth-order valence-corrected chi connectivity index (χ4v) is 5.16. The van der Waals surface area contributed by atoms with Crippen LogP contribution in [0.3, 0.4) is 0 Å². The van der Waals surface area contributed by atoms with Crippen LogP contribution in [0.5, 0.6) is 0 Å². The number of halogens is 1. The van der Waals surface area contributed by atoms with Crippen LogP contribution in [-0.2, 0) is 9.53 Å². The lowest BCUT2D eigenvalue weighted by atomic mass is 10.0. The van der Waals surface area contributed by atoms with Gasteiger partial charge >= 0.3 is 5.97 Å². The van der Waals surface area contributed by atoms with E-state index in [1.165, 1.54) is 34.8 Å². The Balaban J connectivity index is 1.91. The van der Waals surface area contributed by atoms with Crippen molar-refractivity contribution in [3.63, 3.8) is 0 Å². The summed E-state index contributed by atoms with van der Waals surface area (Å²) in [6, 6.07) is 9.11. The molecule has 0 N–H and O–H groups in total. The molecule has 0 unspecified atom stereocenters. The summed E-state index contributed by atoms with van der Waals surface area (Å²) in [5.74, 6) is -0.812. The normalized spacial score (nSPS) is 16.6. The number of hydrogen-bond acceptors (Lipinski definition) is 6. The third-order valence-corrected chi connectivity index (χ3v) is 6.47. The van der Waals surface area contributed by atoms with E-state index in [1.807, 2.05) is 17.5 Å². The number of ether oxygens (including phenoxy) is 1. The fourth-order valence-electron chi connectivity index (χ4n) is 3.29. The number of thiophene rings is 1. The molecule has 0 aliphatic carbocycles. The fraction of sp³-hybridized carbons (Fsp3) is 0.227. The largest absolute Gasteiger partial charge is 0.459 e. The van der Waals surface area contributed by atoms with Crippen LogP contribution >= 0.6 is 22.7 Å². The van der Waals surface area contributed by atoms with Crippen LogP contribution in [0.2, 0.25) is 0 Å². The van der Waals surface area contributed by atoms with E-state index < -0.39 is 12.0 Å². The predicted molar refractivity (Wildman–Crippen MR) is 116 cm³/mol. The number of esters is 1. The van der Waals surface area contributed by atoms with Gasteiger partial charge in [0.15, 0.2) is 4.80 Å². The van der Waals surface area contributed by atoms with Crippen LogP contribution < -0.4 is 14.9 Å². The first-order valence-corrected chi connectivity index (χ1v) is 11.1. The lowest BCUT2D eigenvalue weighted by Crippen LogP contribution is -2.39. The van der Waals surface area contributed by atoms with Crippen molar-refractivity contribution in [3.05, 3.63) is 89.0 Å². The number of nitrogens with zero attached hydrogens (tertiary/aromatic N) is 2. The van der Waals surface area contributed by atoms with Gasteiger partial charge < -0.3 is 4.74 Å². The zero-order chi connectivity index (χ0) is 21.4. The highest BCUT2D eigenvalue weighted by Gasteiger charge is 2.34. The Hall–Kier alpha value is -2.84. The second kappa shape index (κ2) is 8.12. The maximum atomic E-state index is 13.3. The number of thiazole rings is 1. The molecule has 30 heavy (non-hydrogen) atoms. The average Bonchev–Trinajstić information content (AvgIpc) is 3.31. The molecule has 0 fully saturated rings. The molecule has 1 aromatic carbocycles. The Bertz CT molecular complexity index is 1300. The van der Waals surface area contributed by atoms with Gasteiger partial charge in [0.05, 0.1) is 21.9 Å². The number of aromatic nitrogens is 1. The highest BCUT2D eigenvalue weighted by molar-refractivity contribution is 7.10. The molecule has 1 atom stereocenters. The Kier molecular flexibility index (Phi) is 5.53. The first-order valence-electron chi connectivity index (χ1n) is 9.37. The summed E-state index contributed by atoms with van der Waals surface area (Å²) in [4.78, 5) is 32.1. The third kappa shape index (κ3) is 3.80. The van der Waals surface area contributed by atoms with E-state index in [0.717, 1.165) is 4.88 Å². The first kappa shape index (κ1) is 20.4. The molecular formula is C22H19FN2O3S2. The standard InChI is InChI=1S/C22H19FN2O3S2/c1-12(2)28-21(27)18-13(3)24-22-25(19(18)16-5-4-10-29-16)20(26)17(30-22)11-14-6-8-15(23)9-7-14/h4-12,19H,1-3H3/b17-11-/t19-/m1/s1. The molecule has 8 heteroatoms. The second-order valence-electron chi connectivity index (χ2n) is 7.10. The molecule has 4 rings (SSSR count). The van der Waals surface area contributed by atoms with Crippen molar-refractivity contribution in [2.24, 2.45) is 4.99 Å². The van der Waals surface area contributed by atoms with Gasteiger partial charge in [-0.05, 0) is 56.0 Å². The number of carbonyl (C=O) groups excluding carboxylic acids is 1. The molecule has 0 bridgehead atoms. The van der Waals surface area contributed by atoms with E-state index >= 15 is 0 Å². The van der Waals surface area contributed by atoms with Gasteiger partial charge in [-0.15, -0.1) is 11.3 Å². The van der Waals surface area contributed by atoms with E-state index in [1.54, 1.807) is 43.5 Å². The monoisotopic (exact) mass is 442 g/mol. The summed E-state index contributed by atoms with van der Waals surface area (Å²) in [7, 11) is 0. The van der Waals surface area contributed by atoms with E-state index in [-0.39, 0.29) is 17.5 Å². The summed E-state index contributed by atoms with van der Waals surface area (Å²) in [5.41, 5.74) is 1.37. The molecular weight excluding hydrogens is 423 g/mol. The topological polar surface area (TPSA) is 60.7 Å². The summed E-state index contributed by atoms with van der Waals surface area (Å²) in [6.07, 6.45) is 1.42. The van der Waals surface area contributed by atoms with Crippen molar-refractivity contribution in [2.45, 2.75) is 32.9 Å². The second-order valence-corrected chi connectivity index (χ2v) is 9.09. The lowest BCUT2D eigenvalue weighted by Gasteiger charge is -2.24. The maximum Gasteiger partial charge on any atom is 0.338 e. The Labute approximate surface area is 180 Å². The number of carbonyl (C=O) groups is 1. The van der Waals surface area contributed by atoms with Crippen molar-refractivity contribution < 1.29 is 13.9 Å². The molecule has 5 nitrogen and oxygen atoms in total. The summed E-state index contributed by atoms with van der Waals surface area (Å²) in [6.45, 7) is 5.33. The van der Waals surface area contributed by atoms with Crippen molar-refractivity contribution >= 4 is 34.7 Å². The van der Waals surface area contributed by atoms with Gasteiger partial charge in [-0.2, -0.15) is 0 Å². The number of rotatable bonds is 4. The van der Waals surface area contributed by atoms with Gasteiger partial charge in [0.1, 0.15) is 11.9 Å². The van der Waals surface area contributed by atoms with E-state index in [2.05, 4.69) is 4.99 Å². The van der Waals surface area contributed by atoms with Crippen molar-refractivity contribution in [1.29, 1.82) is 0 Å². The summed E-state index contributed by atoms with van der Waals surface area (Å²) in [5, 5.41) is 1.91. The predicted octanol–water partition coefficient (Wildman–Crippen LogP) is 3.39. The van der Waals surface area contributed by atoms with Crippen LogP contribution in [0.4, 0.5) is 4.39 Å². The molecule has 1 aliphatic rings.